The van der Waals surface area contributed by atoms with E-state index in [1.54, 1.807) is 0 Å². The predicted octanol–water partition coefficient (Wildman–Crippen LogP) is 1.39. The van der Waals surface area contributed by atoms with Crippen molar-refractivity contribution >= 4 is 5.91 Å². The largest absolute Gasteiger partial charge is 0.341 e. The summed E-state index contributed by atoms with van der Waals surface area (Å²) >= 11 is 0. The molecule has 0 aromatic heterocycles. The molecule has 3 heteroatoms. The van der Waals surface area contributed by atoms with Gasteiger partial charge in [0.25, 0.3) is 0 Å². The zero-order valence-corrected chi connectivity index (χ0v) is 9.67. The fourth-order valence-electron chi connectivity index (χ4n) is 2.51. The Hall–Kier alpha value is -0.570. The molecule has 2 rings (SSSR count). The molecule has 86 valence electrons. The van der Waals surface area contributed by atoms with Gasteiger partial charge < -0.3 is 10.2 Å². The lowest BCUT2D eigenvalue weighted by Gasteiger charge is -2.34. The second-order valence-electron chi connectivity index (χ2n) is 4.97. The fourth-order valence-corrected chi connectivity index (χ4v) is 2.51. The molecular formula is C12H22N2O. The number of amides is 1. The zero-order valence-electron chi connectivity index (χ0n) is 9.67. The van der Waals surface area contributed by atoms with Gasteiger partial charge in [-0.2, -0.15) is 0 Å². The summed E-state index contributed by atoms with van der Waals surface area (Å²) in [6, 6.07) is 0.518. The maximum atomic E-state index is 12.0. The minimum atomic E-state index is 0.389. The maximum absolute atomic E-state index is 12.0. The Balaban J connectivity index is 1.78. The topological polar surface area (TPSA) is 32.3 Å². The molecule has 1 atom stereocenters. The van der Waals surface area contributed by atoms with E-state index in [-0.39, 0.29) is 0 Å². The number of nitrogens with zero attached hydrogens (tertiary/aromatic N) is 1. The third-order valence-corrected chi connectivity index (χ3v) is 3.87. The summed E-state index contributed by atoms with van der Waals surface area (Å²) in [4.78, 5) is 14.0. The van der Waals surface area contributed by atoms with Crippen molar-refractivity contribution in [2.24, 2.45) is 5.92 Å². The lowest BCUT2D eigenvalue weighted by molar-refractivity contribution is -0.134. The highest BCUT2D eigenvalue weighted by Crippen LogP contribution is 2.30. The van der Waals surface area contributed by atoms with Crippen molar-refractivity contribution in [1.29, 1.82) is 0 Å². The molecule has 1 N–H and O–H groups in total. The van der Waals surface area contributed by atoms with Gasteiger partial charge in [0, 0.05) is 25.6 Å². The summed E-state index contributed by atoms with van der Waals surface area (Å²) in [7, 11) is 1.99. The van der Waals surface area contributed by atoms with Crippen molar-refractivity contribution in [2.45, 2.75) is 44.6 Å². The molecule has 0 aromatic carbocycles. The van der Waals surface area contributed by atoms with E-state index < -0.39 is 0 Å². The normalized spacial score (nSPS) is 27.5. The molecular weight excluding hydrogens is 188 g/mol. The van der Waals surface area contributed by atoms with E-state index in [1.807, 2.05) is 7.05 Å². The molecule has 1 saturated heterocycles. The van der Waals surface area contributed by atoms with E-state index in [1.165, 1.54) is 25.7 Å². The van der Waals surface area contributed by atoms with Crippen molar-refractivity contribution in [3.8, 4) is 0 Å². The highest BCUT2D eigenvalue weighted by molar-refractivity contribution is 5.76. The molecule has 2 fully saturated rings. The van der Waals surface area contributed by atoms with Crippen LogP contribution >= 0.6 is 0 Å². The van der Waals surface area contributed by atoms with Gasteiger partial charge in [0.2, 0.25) is 5.91 Å². The van der Waals surface area contributed by atoms with E-state index in [4.69, 9.17) is 0 Å². The van der Waals surface area contributed by atoms with Crippen LogP contribution in [0, 0.1) is 5.92 Å². The number of rotatable bonds is 3. The van der Waals surface area contributed by atoms with Crippen molar-refractivity contribution in [3.05, 3.63) is 0 Å². The molecule has 2 aliphatic rings. The van der Waals surface area contributed by atoms with Crippen LogP contribution in [0.25, 0.3) is 0 Å². The standard InChI is InChI=1S/C12H22N2O/c1-13-11-6-3-7-14(9-11)12(15)8-10-4-2-5-10/h10-11,13H,2-9H2,1H3. The molecule has 0 aromatic rings. The third-order valence-electron chi connectivity index (χ3n) is 3.87. The van der Waals surface area contributed by atoms with E-state index in [9.17, 15) is 4.79 Å². The Bertz CT molecular complexity index is 226. The van der Waals surface area contributed by atoms with Crippen LogP contribution in [-0.2, 0) is 4.79 Å². The number of hydrogen-bond acceptors (Lipinski definition) is 2. The summed E-state index contributed by atoms with van der Waals surface area (Å²) in [5, 5.41) is 3.28. The number of nitrogens with one attached hydrogen (secondary N) is 1. The molecule has 1 unspecified atom stereocenters. The van der Waals surface area contributed by atoms with E-state index in [2.05, 4.69) is 10.2 Å². The van der Waals surface area contributed by atoms with Gasteiger partial charge in [-0.25, -0.2) is 0 Å². The zero-order chi connectivity index (χ0) is 10.7. The van der Waals surface area contributed by atoms with Crippen LogP contribution in [0.5, 0.6) is 0 Å². The highest BCUT2D eigenvalue weighted by Gasteiger charge is 2.26. The first-order valence-corrected chi connectivity index (χ1v) is 6.24. The number of piperidine rings is 1. The maximum Gasteiger partial charge on any atom is 0.222 e. The molecule has 1 saturated carbocycles. The molecule has 0 bridgehead atoms. The van der Waals surface area contributed by atoms with Crippen LogP contribution in [0.15, 0.2) is 0 Å². The summed E-state index contributed by atoms with van der Waals surface area (Å²) in [5.74, 6) is 1.09. The minimum Gasteiger partial charge on any atom is -0.341 e. The van der Waals surface area contributed by atoms with Crippen LogP contribution < -0.4 is 5.32 Å². The van der Waals surface area contributed by atoms with E-state index in [0.717, 1.165) is 25.9 Å². The average molecular weight is 210 g/mol. The number of likely N-dealkylation sites (N-methyl/N-ethyl adjacent to an activating group) is 1. The Labute approximate surface area is 92.2 Å². The van der Waals surface area contributed by atoms with Gasteiger partial charge >= 0.3 is 0 Å². The summed E-state index contributed by atoms with van der Waals surface area (Å²) in [6.45, 7) is 1.89. The Morgan fingerprint density at radius 3 is 2.73 bits per heavy atom. The van der Waals surface area contributed by atoms with Crippen LogP contribution in [0.4, 0.5) is 0 Å². The van der Waals surface area contributed by atoms with Gasteiger partial charge in [0.1, 0.15) is 0 Å². The van der Waals surface area contributed by atoms with Crippen molar-refractivity contribution < 1.29 is 4.79 Å². The summed E-state index contributed by atoms with van der Waals surface area (Å²) in [5.41, 5.74) is 0. The van der Waals surface area contributed by atoms with Gasteiger partial charge in [-0.3, -0.25) is 4.79 Å². The minimum absolute atomic E-state index is 0.389. The van der Waals surface area contributed by atoms with E-state index in [0.29, 0.717) is 17.9 Å². The summed E-state index contributed by atoms with van der Waals surface area (Å²) in [6.07, 6.45) is 7.04. The van der Waals surface area contributed by atoms with Crippen LogP contribution in [0.1, 0.15) is 38.5 Å². The van der Waals surface area contributed by atoms with E-state index >= 15 is 0 Å². The SMILES string of the molecule is CNC1CCCN(C(=O)CC2CCC2)C1. The molecule has 1 aliphatic carbocycles. The molecule has 1 aliphatic heterocycles. The van der Waals surface area contributed by atoms with Gasteiger partial charge in [-0.1, -0.05) is 6.42 Å². The number of carbonyl (C=O) groups is 1. The first kappa shape index (κ1) is 10.9. The first-order chi connectivity index (χ1) is 7.29. The third kappa shape index (κ3) is 2.71. The molecule has 15 heavy (non-hydrogen) atoms. The summed E-state index contributed by atoms with van der Waals surface area (Å²) < 4.78 is 0. The lowest BCUT2D eigenvalue weighted by atomic mass is 9.82. The Kier molecular flexibility index (Phi) is 3.62. The molecule has 1 heterocycles. The quantitative estimate of drug-likeness (QED) is 0.763. The molecule has 1 amide bonds. The highest BCUT2D eigenvalue weighted by atomic mass is 16.2. The molecule has 0 radical (unpaired) electrons. The Morgan fingerprint density at radius 1 is 1.33 bits per heavy atom. The second kappa shape index (κ2) is 4.97. The molecule has 3 nitrogen and oxygen atoms in total. The van der Waals surface area contributed by atoms with Gasteiger partial charge in [-0.15, -0.1) is 0 Å². The van der Waals surface area contributed by atoms with Gasteiger partial charge in [-0.05, 0) is 38.6 Å². The average Bonchev–Trinajstić information content (AvgIpc) is 2.23. The second-order valence-corrected chi connectivity index (χ2v) is 4.97. The van der Waals surface area contributed by atoms with Crippen molar-refractivity contribution in [1.82, 2.24) is 10.2 Å². The number of likely N-dealkylation sites (tertiary alicyclic amines) is 1. The Morgan fingerprint density at radius 2 is 2.13 bits per heavy atom. The van der Waals surface area contributed by atoms with Crippen molar-refractivity contribution in [3.63, 3.8) is 0 Å². The monoisotopic (exact) mass is 210 g/mol. The predicted molar refractivity (Wildman–Crippen MR) is 60.6 cm³/mol. The van der Waals surface area contributed by atoms with Gasteiger partial charge in [0.15, 0.2) is 0 Å². The van der Waals surface area contributed by atoms with Crippen LogP contribution in [0.3, 0.4) is 0 Å². The smallest absolute Gasteiger partial charge is 0.222 e. The number of carbonyl (C=O) groups excluding carboxylic acids is 1. The van der Waals surface area contributed by atoms with Crippen LogP contribution in [-0.4, -0.2) is 37.0 Å². The molecule has 0 spiro atoms. The van der Waals surface area contributed by atoms with Crippen molar-refractivity contribution in [2.75, 3.05) is 20.1 Å². The van der Waals surface area contributed by atoms with Crippen LogP contribution in [0.2, 0.25) is 0 Å². The first-order valence-electron chi connectivity index (χ1n) is 6.24. The number of hydrogen-bond donors (Lipinski definition) is 1. The van der Waals surface area contributed by atoms with Gasteiger partial charge in [0.05, 0.1) is 0 Å². The fraction of sp³-hybridized carbons (Fsp3) is 0.917. The lowest BCUT2D eigenvalue weighted by Crippen LogP contribution is -2.47.